The maximum Gasteiger partial charge on any atom is 0.339 e. The number of carbonyl (C=O) groups is 1. The van der Waals surface area contributed by atoms with Crippen molar-refractivity contribution in [3.63, 3.8) is 0 Å². The van der Waals surface area contributed by atoms with E-state index in [1.54, 1.807) is 23.0 Å². The minimum absolute atomic E-state index is 0.191. The van der Waals surface area contributed by atoms with Gasteiger partial charge in [0.15, 0.2) is 0 Å². The Bertz CT molecular complexity index is 592. The Morgan fingerprint density at radius 2 is 2.26 bits per heavy atom. The number of aromatic carboxylic acids is 1. The summed E-state index contributed by atoms with van der Waals surface area (Å²) in [4.78, 5) is 15.3. The fourth-order valence-electron chi connectivity index (χ4n) is 1.79. The van der Waals surface area contributed by atoms with Crippen molar-refractivity contribution in [3.05, 3.63) is 41.3 Å². The number of carboxylic acids is 1. The van der Waals surface area contributed by atoms with E-state index in [0.29, 0.717) is 12.4 Å². The number of hydrogen-bond acceptors (Lipinski definition) is 4. The van der Waals surface area contributed by atoms with Gasteiger partial charge in [-0.15, -0.1) is 0 Å². The molecule has 2 rings (SSSR count). The number of aromatic nitrogens is 3. The SMILES string of the molecule is Cc1ccc(C(=O)O)c(NCCc2cnn(C)c2)n1. The second-order valence-electron chi connectivity index (χ2n) is 4.35. The standard InChI is InChI=1S/C13H16N4O2/c1-9-3-4-11(13(18)19)12(16-9)14-6-5-10-7-15-17(2)8-10/h3-4,7-8H,5-6H2,1-2H3,(H,14,16)(H,18,19). The largest absolute Gasteiger partial charge is 0.478 e. The van der Waals surface area contributed by atoms with E-state index in [2.05, 4.69) is 15.4 Å². The molecule has 0 aliphatic rings. The summed E-state index contributed by atoms with van der Waals surface area (Å²) < 4.78 is 1.74. The Morgan fingerprint density at radius 3 is 2.89 bits per heavy atom. The monoisotopic (exact) mass is 260 g/mol. The third kappa shape index (κ3) is 3.31. The zero-order chi connectivity index (χ0) is 13.8. The number of nitrogens with one attached hydrogen (secondary N) is 1. The minimum Gasteiger partial charge on any atom is -0.478 e. The number of anilines is 1. The lowest BCUT2D eigenvalue weighted by atomic mass is 10.2. The van der Waals surface area contributed by atoms with Crippen molar-refractivity contribution >= 4 is 11.8 Å². The van der Waals surface area contributed by atoms with Gasteiger partial charge in [0.1, 0.15) is 11.4 Å². The van der Waals surface area contributed by atoms with Crippen LogP contribution in [0.5, 0.6) is 0 Å². The maximum atomic E-state index is 11.1. The van der Waals surface area contributed by atoms with Crippen molar-refractivity contribution in [3.8, 4) is 0 Å². The summed E-state index contributed by atoms with van der Waals surface area (Å²) in [5, 5.41) is 16.2. The highest BCUT2D eigenvalue weighted by Crippen LogP contribution is 2.13. The molecule has 0 unspecified atom stereocenters. The molecule has 0 fully saturated rings. The molecule has 0 radical (unpaired) electrons. The molecule has 19 heavy (non-hydrogen) atoms. The van der Waals surface area contributed by atoms with Crippen LogP contribution in [0, 0.1) is 6.92 Å². The highest BCUT2D eigenvalue weighted by molar-refractivity contribution is 5.93. The van der Waals surface area contributed by atoms with E-state index < -0.39 is 5.97 Å². The molecule has 0 bridgehead atoms. The van der Waals surface area contributed by atoms with Crippen LogP contribution >= 0.6 is 0 Å². The van der Waals surface area contributed by atoms with Crippen LogP contribution in [0.3, 0.4) is 0 Å². The van der Waals surface area contributed by atoms with E-state index in [1.807, 2.05) is 20.2 Å². The summed E-state index contributed by atoms with van der Waals surface area (Å²) >= 11 is 0. The molecule has 0 spiro atoms. The normalized spacial score (nSPS) is 10.4. The van der Waals surface area contributed by atoms with Crippen molar-refractivity contribution in [2.24, 2.45) is 7.05 Å². The van der Waals surface area contributed by atoms with Crippen LogP contribution in [0.25, 0.3) is 0 Å². The molecule has 2 aromatic rings. The van der Waals surface area contributed by atoms with E-state index in [1.165, 1.54) is 0 Å². The summed E-state index contributed by atoms with van der Waals surface area (Å²) in [7, 11) is 1.86. The molecule has 2 heterocycles. The number of hydrogen-bond donors (Lipinski definition) is 2. The summed E-state index contributed by atoms with van der Waals surface area (Å²) in [5.74, 6) is -0.562. The fraction of sp³-hybridized carbons (Fsp3) is 0.308. The smallest absolute Gasteiger partial charge is 0.339 e. The Balaban J connectivity index is 2.02. The highest BCUT2D eigenvalue weighted by atomic mass is 16.4. The first-order valence-electron chi connectivity index (χ1n) is 5.98. The Kier molecular flexibility index (Phi) is 3.79. The second kappa shape index (κ2) is 5.51. The molecule has 0 aliphatic heterocycles. The van der Waals surface area contributed by atoms with Crippen molar-refractivity contribution in [2.45, 2.75) is 13.3 Å². The lowest BCUT2D eigenvalue weighted by molar-refractivity contribution is 0.0697. The van der Waals surface area contributed by atoms with Gasteiger partial charge in [0, 0.05) is 25.5 Å². The van der Waals surface area contributed by atoms with Crippen LogP contribution in [-0.4, -0.2) is 32.4 Å². The molecular weight excluding hydrogens is 244 g/mol. The third-order valence-corrected chi connectivity index (χ3v) is 2.73. The first-order chi connectivity index (χ1) is 9.06. The number of aryl methyl sites for hydroxylation is 2. The fourth-order valence-corrected chi connectivity index (χ4v) is 1.79. The van der Waals surface area contributed by atoms with Gasteiger partial charge in [-0.25, -0.2) is 9.78 Å². The highest BCUT2D eigenvalue weighted by Gasteiger charge is 2.11. The molecule has 0 saturated carbocycles. The average Bonchev–Trinajstić information content (AvgIpc) is 2.75. The van der Waals surface area contributed by atoms with Gasteiger partial charge in [0.25, 0.3) is 0 Å². The quantitative estimate of drug-likeness (QED) is 0.851. The van der Waals surface area contributed by atoms with Gasteiger partial charge < -0.3 is 10.4 Å². The van der Waals surface area contributed by atoms with Gasteiger partial charge in [0.05, 0.1) is 6.20 Å². The Morgan fingerprint density at radius 1 is 1.47 bits per heavy atom. The molecule has 2 N–H and O–H groups in total. The van der Waals surface area contributed by atoms with Crippen molar-refractivity contribution in [1.82, 2.24) is 14.8 Å². The number of pyridine rings is 1. The number of rotatable bonds is 5. The molecular formula is C13H16N4O2. The second-order valence-corrected chi connectivity index (χ2v) is 4.35. The topological polar surface area (TPSA) is 80.0 Å². The van der Waals surface area contributed by atoms with Gasteiger partial charge in [-0.1, -0.05) is 0 Å². The summed E-state index contributed by atoms with van der Waals surface area (Å²) in [6, 6.07) is 3.26. The van der Waals surface area contributed by atoms with E-state index in [0.717, 1.165) is 17.7 Å². The molecule has 0 atom stereocenters. The Labute approximate surface area is 111 Å². The van der Waals surface area contributed by atoms with Crippen LogP contribution in [-0.2, 0) is 13.5 Å². The molecule has 100 valence electrons. The van der Waals surface area contributed by atoms with Crippen LogP contribution in [0.4, 0.5) is 5.82 Å². The van der Waals surface area contributed by atoms with Crippen LogP contribution < -0.4 is 5.32 Å². The van der Waals surface area contributed by atoms with Crippen LogP contribution in [0.1, 0.15) is 21.6 Å². The van der Waals surface area contributed by atoms with Gasteiger partial charge >= 0.3 is 5.97 Å². The Hall–Kier alpha value is -2.37. The number of carboxylic acid groups (broad SMARTS) is 1. The summed E-state index contributed by atoms with van der Waals surface area (Å²) in [5.41, 5.74) is 2.07. The van der Waals surface area contributed by atoms with E-state index in [4.69, 9.17) is 5.11 Å². The summed E-state index contributed by atoms with van der Waals surface area (Å²) in [6.07, 6.45) is 4.50. The molecule has 0 saturated heterocycles. The summed E-state index contributed by atoms with van der Waals surface area (Å²) in [6.45, 7) is 2.44. The van der Waals surface area contributed by atoms with E-state index in [-0.39, 0.29) is 5.56 Å². The minimum atomic E-state index is -0.976. The first kappa shape index (κ1) is 13.1. The zero-order valence-electron chi connectivity index (χ0n) is 10.9. The van der Waals surface area contributed by atoms with E-state index >= 15 is 0 Å². The van der Waals surface area contributed by atoms with Crippen molar-refractivity contribution < 1.29 is 9.90 Å². The molecule has 0 aliphatic carbocycles. The van der Waals surface area contributed by atoms with Crippen molar-refractivity contribution in [1.29, 1.82) is 0 Å². The van der Waals surface area contributed by atoms with Gasteiger partial charge in [0.2, 0.25) is 0 Å². The molecule has 6 nitrogen and oxygen atoms in total. The van der Waals surface area contributed by atoms with Gasteiger partial charge in [-0.3, -0.25) is 4.68 Å². The van der Waals surface area contributed by atoms with Crippen LogP contribution in [0.15, 0.2) is 24.5 Å². The molecule has 6 heteroatoms. The molecule has 0 aromatic carbocycles. The van der Waals surface area contributed by atoms with Gasteiger partial charge in [-0.05, 0) is 31.0 Å². The molecule has 2 aromatic heterocycles. The zero-order valence-corrected chi connectivity index (χ0v) is 10.9. The third-order valence-electron chi connectivity index (χ3n) is 2.73. The lowest BCUT2D eigenvalue weighted by Crippen LogP contribution is -2.11. The molecule has 0 amide bonds. The maximum absolute atomic E-state index is 11.1. The van der Waals surface area contributed by atoms with Gasteiger partial charge in [-0.2, -0.15) is 5.10 Å². The average molecular weight is 260 g/mol. The van der Waals surface area contributed by atoms with Crippen molar-refractivity contribution in [2.75, 3.05) is 11.9 Å². The first-order valence-corrected chi connectivity index (χ1v) is 5.98. The number of nitrogens with zero attached hydrogens (tertiary/aromatic N) is 3. The van der Waals surface area contributed by atoms with Crippen LogP contribution in [0.2, 0.25) is 0 Å². The van der Waals surface area contributed by atoms with E-state index in [9.17, 15) is 4.79 Å². The predicted molar refractivity (Wildman–Crippen MR) is 71.3 cm³/mol. The predicted octanol–water partition coefficient (Wildman–Crippen LogP) is 1.48. The lowest BCUT2D eigenvalue weighted by Gasteiger charge is -2.08.